The molecule has 0 aliphatic carbocycles. The highest BCUT2D eigenvalue weighted by molar-refractivity contribution is 4.68. The number of rotatable bonds is 2. The average molecular weight is 257 g/mol. The maximum absolute atomic E-state index is 5.31. The van der Waals surface area contributed by atoms with Gasteiger partial charge in [-0.3, -0.25) is 0 Å². The van der Waals surface area contributed by atoms with E-state index >= 15 is 0 Å². The van der Waals surface area contributed by atoms with Gasteiger partial charge in [-0.25, -0.2) is 0 Å². The molecular weight excluding hydrogens is 235 g/mol. The lowest BCUT2D eigenvalue weighted by Crippen LogP contribution is -3.00. The molecule has 2 saturated heterocycles. The smallest absolute Gasteiger partial charge is 0.130 e. The number of halogens is 2. The lowest BCUT2D eigenvalue weighted by molar-refractivity contribution is -1.01. The van der Waals surface area contributed by atoms with Crippen LogP contribution in [0.3, 0.4) is 0 Å². The highest BCUT2D eigenvalue weighted by Gasteiger charge is 2.39. The Morgan fingerprint density at radius 1 is 1.00 bits per heavy atom. The predicted molar refractivity (Wildman–Crippen MR) is 52.4 cm³/mol. The summed E-state index contributed by atoms with van der Waals surface area (Å²) in [5.74, 6) is 0. The average Bonchev–Trinajstić information content (AvgIpc) is 2.81. The summed E-state index contributed by atoms with van der Waals surface area (Å²) < 4.78 is 7.73. The molecule has 0 amide bonds. The molecule has 15 heavy (non-hydrogen) atoms. The van der Waals surface area contributed by atoms with Crippen molar-refractivity contribution in [3.63, 3.8) is 0 Å². The van der Waals surface area contributed by atoms with Crippen molar-refractivity contribution in [3.05, 3.63) is 0 Å². The number of ether oxygens (including phenoxy) is 1. The molecule has 0 spiro atoms. The minimum absolute atomic E-state index is 0. The lowest BCUT2D eigenvalue weighted by atomic mass is 10.2. The summed E-state index contributed by atoms with van der Waals surface area (Å²) in [6.45, 7) is 7.48. The topological polar surface area (TPSA) is 12.5 Å². The maximum Gasteiger partial charge on any atom is 0.130 e. The summed E-state index contributed by atoms with van der Waals surface area (Å²) in [7, 11) is 7.04. The van der Waals surface area contributed by atoms with Gasteiger partial charge in [0.1, 0.15) is 38.8 Å². The Bertz CT molecular complexity index is 198. The number of hydrogen-bond acceptors (Lipinski definition) is 1. The zero-order chi connectivity index (χ0) is 9.53. The number of quaternary nitrogens is 2. The van der Waals surface area contributed by atoms with Gasteiger partial charge in [0.15, 0.2) is 0 Å². The van der Waals surface area contributed by atoms with Crippen molar-refractivity contribution in [3.8, 4) is 0 Å². The first-order valence-electron chi connectivity index (χ1n) is 5.26. The van der Waals surface area contributed by atoms with Crippen molar-refractivity contribution in [2.45, 2.75) is 6.10 Å². The van der Waals surface area contributed by atoms with Gasteiger partial charge in [-0.05, 0) is 0 Å². The molecular formula is C10H22Cl2N2O. The van der Waals surface area contributed by atoms with Crippen LogP contribution in [-0.2, 0) is 4.74 Å². The van der Waals surface area contributed by atoms with Crippen LogP contribution in [0.25, 0.3) is 0 Å². The van der Waals surface area contributed by atoms with E-state index in [-0.39, 0.29) is 24.8 Å². The van der Waals surface area contributed by atoms with Crippen molar-refractivity contribution in [1.82, 2.24) is 0 Å². The summed E-state index contributed by atoms with van der Waals surface area (Å²) in [6.07, 6.45) is 0.582. The molecule has 0 N–H and O–H groups in total. The normalized spacial score (nSPS) is 31.0. The van der Waals surface area contributed by atoms with E-state index < -0.39 is 0 Å². The monoisotopic (exact) mass is 256 g/mol. The van der Waals surface area contributed by atoms with Crippen LogP contribution in [0.2, 0.25) is 0 Å². The summed E-state index contributed by atoms with van der Waals surface area (Å²) >= 11 is 0. The molecule has 2 aliphatic heterocycles. The van der Waals surface area contributed by atoms with Gasteiger partial charge in [0, 0.05) is 0 Å². The van der Waals surface area contributed by atoms with Crippen molar-refractivity contribution >= 4 is 0 Å². The fraction of sp³-hybridized carbons (Fsp3) is 1.00. The molecule has 0 saturated carbocycles. The van der Waals surface area contributed by atoms with Gasteiger partial charge in [0.05, 0.1) is 27.7 Å². The third-order valence-corrected chi connectivity index (χ3v) is 3.54. The molecule has 0 aromatic carbocycles. The van der Waals surface area contributed by atoms with Crippen molar-refractivity contribution in [1.29, 1.82) is 0 Å². The van der Waals surface area contributed by atoms with Crippen LogP contribution in [0.4, 0.5) is 0 Å². The summed E-state index contributed by atoms with van der Waals surface area (Å²) in [4.78, 5) is 0. The van der Waals surface area contributed by atoms with Gasteiger partial charge < -0.3 is 38.5 Å². The Labute approximate surface area is 105 Å². The second-order valence-electron chi connectivity index (χ2n) is 5.59. The van der Waals surface area contributed by atoms with Crippen LogP contribution >= 0.6 is 0 Å². The number of piperazine rings is 1. The molecule has 0 bridgehead atoms. The van der Waals surface area contributed by atoms with Gasteiger partial charge in [-0.2, -0.15) is 0 Å². The molecule has 1 unspecified atom stereocenters. The van der Waals surface area contributed by atoms with E-state index in [1.807, 2.05) is 0 Å². The van der Waals surface area contributed by atoms with Crippen LogP contribution in [0, 0.1) is 0 Å². The van der Waals surface area contributed by atoms with Crippen LogP contribution in [0.5, 0.6) is 0 Å². The van der Waals surface area contributed by atoms with Gasteiger partial charge in [0.25, 0.3) is 0 Å². The number of epoxide rings is 1. The molecule has 92 valence electrons. The van der Waals surface area contributed by atoms with E-state index in [4.69, 9.17) is 4.74 Å². The lowest BCUT2D eigenvalue weighted by Gasteiger charge is -2.44. The molecule has 2 aliphatic rings. The third kappa shape index (κ3) is 4.45. The third-order valence-electron chi connectivity index (χ3n) is 3.54. The summed E-state index contributed by atoms with van der Waals surface area (Å²) in [6, 6.07) is 0. The molecule has 2 heterocycles. The zero-order valence-electron chi connectivity index (χ0n) is 9.88. The SMILES string of the molecule is C[N+]1(C)CC[N+](C)(CC2CO2)CC1.[Cl-].[Cl-]. The van der Waals surface area contributed by atoms with Gasteiger partial charge >= 0.3 is 0 Å². The number of hydrogen-bond donors (Lipinski definition) is 0. The Morgan fingerprint density at radius 2 is 1.47 bits per heavy atom. The number of likely N-dealkylation sites (N-methyl/N-ethyl adjacent to an activating group) is 2. The second-order valence-corrected chi connectivity index (χ2v) is 5.59. The Hall–Kier alpha value is 0.460. The van der Waals surface area contributed by atoms with Crippen molar-refractivity contribution in [2.75, 3.05) is 60.5 Å². The van der Waals surface area contributed by atoms with E-state index in [1.54, 1.807) is 0 Å². The Morgan fingerprint density at radius 3 is 1.87 bits per heavy atom. The molecule has 2 rings (SSSR count). The van der Waals surface area contributed by atoms with Gasteiger partial charge in [-0.15, -0.1) is 0 Å². The van der Waals surface area contributed by atoms with E-state index in [0.29, 0.717) is 6.10 Å². The minimum atomic E-state index is 0. The van der Waals surface area contributed by atoms with E-state index in [0.717, 1.165) is 6.61 Å². The second kappa shape index (κ2) is 5.19. The Balaban J connectivity index is 0.000000980. The molecule has 3 nitrogen and oxygen atoms in total. The minimum Gasteiger partial charge on any atom is -1.00 e. The fourth-order valence-corrected chi connectivity index (χ4v) is 2.10. The first-order valence-corrected chi connectivity index (χ1v) is 5.26. The van der Waals surface area contributed by atoms with Crippen LogP contribution in [0.1, 0.15) is 0 Å². The standard InChI is InChI=1S/C10H22N2O.2ClH/c1-11(2)4-6-12(3,7-5-11)8-10-9-13-10;;/h10H,4-9H2,1-3H3;2*1H/q+2;;/p-2. The molecule has 5 heteroatoms. The highest BCUT2D eigenvalue weighted by atomic mass is 35.5. The van der Waals surface area contributed by atoms with Gasteiger partial charge in [-0.1, -0.05) is 0 Å². The molecule has 0 aromatic heterocycles. The predicted octanol–water partition coefficient (Wildman–Crippen LogP) is -6.07. The quantitative estimate of drug-likeness (QED) is 0.354. The Kier molecular flexibility index (Phi) is 5.35. The van der Waals surface area contributed by atoms with Crippen molar-refractivity contribution < 1.29 is 38.5 Å². The van der Waals surface area contributed by atoms with Crippen molar-refractivity contribution in [2.24, 2.45) is 0 Å². The molecule has 0 radical (unpaired) electrons. The van der Waals surface area contributed by atoms with E-state index in [9.17, 15) is 0 Å². The summed E-state index contributed by atoms with van der Waals surface area (Å²) in [5.41, 5.74) is 0. The largest absolute Gasteiger partial charge is 1.00 e. The first kappa shape index (κ1) is 15.5. The fourth-order valence-electron chi connectivity index (χ4n) is 2.10. The van der Waals surface area contributed by atoms with Gasteiger partial charge in [0.2, 0.25) is 0 Å². The molecule has 1 atom stereocenters. The maximum atomic E-state index is 5.31. The van der Waals surface area contributed by atoms with Crippen LogP contribution in [0.15, 0.2) is 0 Å². The van der Waals surface area contributed by atoms with E-state index in [2.05, 4.69) is 21.1 Å². The van der Waals surface area contributed by atoms with E-state index in [1.165, 1.54) is 41.7 Å². The number of nitrogens with zero attached hydrogens (tertiary/aromatic N) is 2. The summed E-state index contributed by atoms with van der Waals surface area (Å²) in [5, 5.41) is 0. The van der Waals surface area contributed by atoms with Crippen LogP contribution in [-0.4, -0.2) is 75.5 Å². The highest BCUT2D eigenvalue weighted by Crippen LogP contribution is 2.19. The van der Waals surface area contributed by atoms with Crippen LogP contribution < -0.4 is 24.8 Å². The first-order chi connectivity index (χ1) is 5.99. The molecule has 0 aromatic rings. The molecule has 2 fully saturated rings. The zero-order valence-corrected chi connectivity index (χ0v) is 11.4.